The zero-order valence-corrected chi connectivity index (χ0v) is 20.5. The van der Waals surface area contributed by atoms with Crippen molar-refractivity contribution in [1.82, 2.24) is 24.8 Å². The average molecular weight is 531 g/mol. The zero-order chi connectivity index (χ0) is 27.0. The highest BCUT2D eigenvalue weighted by molar-refractivity contribution is 6.00. The molecule has 2 N–H and O–H groups in total. The second kappa shape index (κ2) is 9.97. The molecule has 1 saturated heterocycles. The van der Waals surface area contributed by atoms with Crippen LogP contribution < -0.4 is 10.5 Å². The van der Waals surface area contributed by atoms with E-state index in [1.807, 2.05) is 19.1 Å². The standard InChI is InChI=1S/C25H25F3N6O4/c1-15-10-17(22-30-20(31-38-22)14-32-6-8-33(9-7-32)24(29)36)11-18-13-34(23(35)21(15)18)12-16-2-4-19(5-3-16)37-25(26,27)28/h2-5,10-11H,6-9,12-14H2,1H3,(H2,29,36). The molecule has 2 aliphatic rings. The van der Waals surface area contributed by atoms with Crippen LogP contribution >= 0.6 is 0 Å². The molecule has 1 aromatic heterocycles. The van der Waals surface area contributed by atoms with E-state index in [1.165, 1.54) is 24.3 Å². The largest absolute Gasteiger partial charge is 0.573 e. The predicted octanol–water partition coefficient (Wildman–Crippen LogP) is 3.30. The van der Waals surface area contributed by atoms with Gasteiger partial charge in [0.25, 0.3) is 11.8 Å². The summed E-state index contributed by atoms with van der Waals surface area (Å²) in [4.78, 5) is 34.2. The van der Waals surface area contributed by atoms with Gasteiger partial charge < -0.3 is 24.8 Å². The van der Waals surface area contributed by atoms with Gasteiger partial charge in [-0.1, -0.05) is 17.3 Å². The van der Waals surface area contributed by atoms with Crippen LogP contribution in [0.3, 0.4) is 0 Å². The van der Waals surface area contributed by atoms with Crippen molar-refractivity contribution >= 4 is 11.9 Å². The molecule has 5 rings (SSSR count). The first kappa shape index (κ1) is 25.5. The number of ether oxygens (including phenoxy) is 1. The molecule has 0 atom stereocenters. The van der Waals surface area contributed by atoms with Crippen molar-refractivity contribution in [2.24, 2.45) is 5.73 Å². The van der Waals surface area contributed by atoms with Crippen LogP contribution in [-0.4, -0.2) is 69.3 Å². The number of nitrogens with zero attached hydrogens (tertiary/aromatic N) is 5. The van der Waals surface area contributed by atoms with Crippen molar-refractivity contribution in [3.05, 3.63) is 64.5 Å². The maximum atomic E-state index is 13.1. The number of rotatable bonds is 6. The zero-order valence-electron chi connectivity index (χ0n) is 20.5. The highest BCUT2D eigenvalue weighted by Crippen LogP contribution is 2.32. The van der Waals surface area contributed by atoms with Crippen molar-refractivity contribution < 1.29 is 32.0 Å². The number of hydrogen-bond donors (Lipinski definition) is 1. The van der Waals surface area contributed by atoms with Crippen molar-refractivity contribution in [3.63, 3.8) is 0 Å². The number of alkyl halides is 3. The highest BCUT2D eigenvalue weighted by Gasteiger charge is 2.32. The number of benzene rings is 2. The number of amides is 3. The van der Waals surface area contributed by atoms with Gasteiger partial charge in [0.2, 0.25) is 0 Å². The van der Waals surface area contributed by atoms with Crippen molar-refractivity contribution in [2.75, 3.05) is 26.2 Å². The number of aromatic nitrogens is 2. The third-order valence-corrected chi connectivity index (χ3v) is 6.57. The van der Waals surface area contributed by atoms with E-state index in [0.29, 0.717) is 67.7 Å². The van der Waals surface area contributed by atoms with E-state index in [0.717, 1.165) is 11.1 Å². The van der Waals surface area contributed by atoms with Crippen LogP contribution in [0.5, 0.6) is 5.75 Å². The van der Waals surface area contributed by atoms with Gasteiger partial charge in [-0.15, -0.1) is 13.2 Å². The van der Waals surface area contributed by atoms with Crippen molar-refractivity contribution in [1.29, 1.82) is 0 Å². The minimum atomic E-state index is -4.76. The second-order valence-corrected chi connectivity index (χ2v) is 9.30. The second-order valence-electron chi connectivity index (χ2n) is 9.30. The first-order valence-corrected chi connectivity index (χ1v) is 11.9. The molecule has 38 heavy (non-hydrogen) atoms. The predicted molar refractivity (Wildman–Crippen MR) is 128 cm³/mol. The quantitative estimate of drug-likeness (QED) is 0.520. The van der Waals surface area contributed by atoms with E-state index >= 15 is 0 Å². The lowest BCUT2D eigenvalue weighted by Gasteiger charge is -2.32. The molecule has 10 nitrogen and oxygen atoms in total. The molecular weight excluding hydrogens is 505 g/mol. The Bertz CT molecular complexity index is 1350. The number of carbonyl (C=O) groups is 2. The monoisotopic (exact) mass is 530 g/mol. The fraction of sp³-hybridized carbons (Fsp3) is 0.360. The molecular formula is C25H25F3N6O4. The maximum Gasteiger partial charge on any atom is 0.573 e. The highest BCUT2D eigenvalue weighted by atomic mass is 19.4. The normalized spacial score (nSPS) is 16.2. The van der Waals surface area contributed by atoms with Crippen LogP contribution in [0.25, 0.3) is 11.5 Å². The Morgan fingerprint density at radius 1 is 1.11 bits per heavy atom. The van der Waals surface area contributed by atoms with Gasteiger partial charge in [-0.3, -0.25) is 9.69 Å². The SMILES string of the molecule is Cc1cc(-c2nc(CN3CCN(C(N)=O)CC3)no2)cc2c1C(=O)N(Cc1ccc(OC(F)(F)F)cc1)C2. The molecule has 0 radical (unpaired) electrons. The van der Waals surface area contributed by atoms with Gasteiger partial charge in [-0.25, -0.2) is 4.79 Å². The van der Waals surface area contributed by atoms with Crippen LogP contribution in [-0.2, 0) is 19.6 Å². The summed E-state index contributed by atoms with van der Waals surface area (Å²) in [6.45, 7) is 5.28. The Morgan fingerprint density at radius 3 is 2.47 bits per heavy atom. The summed E-state index contributed by atoms with van der Waals surface area (Å²) in [5.74, 6) is 0.389. The van der Waals surface area contributed by atoms with E-state index in [9.17, 15) is 22.8 Å². The summed E-state index contributed by atoms with van der Waals surface area (Å²) in [6, 6.07) is 8.71. The summed E-state index contributed by atoms with van der Waals surface area (Å²) < 4.78 is 46.6. The van der Waals surface area contributed by atoms with Crippen molar-refractivity contribution in [2.45, 2.75) is 32.9 Å². The lowest BCUT2D eigenvalue weighted by atomic mass is 10.0. The number of fused-ring (bicyclic) bond motifs is 1. The first-order chi connectivity index (χ1) is 18.1. The van der Waals surface area contributed by atoms with Gasteiger partial charge in [0, 0.05) is 50.4 Å². The number of urea groups is 1. The van der Waals surface area contributed by atoms with Gasteiger partial charge in [0.15, 0.2) is 5.82 Å². The van der Waals surface area contributed by atoms with E-state index in [1.54, 1.807) is 9.80 Å². The molecule has 0 spiro atoms. The Kier molecular flexibility index (Phi) is 6.69. The lowest BCUT2D eigenvalue weighted by molar-refractivity contribution is -0.274. The van der Waals surface area contributed by atoms with Crippen LogP contribution in [0.2, 0.25) is 0 Å². The van der Waals surface area contributed by atoms with Gasteiger partial charge >= 0.3 is 12.4 Å². The summed E-state index contributed by atoms with van der Waals surface area (Å²) in [7, 11) is 0. The first-order valence-electron chi connectivity index (χ1n) is 11.9. The summed E-state index contributed by atoms with van der Waals surface area (Å²) >= 11 is 0. The molecule has 0 unspecified atom stereocenters. The topological polar surface area (TPSA) is 118 Å². The number of nitrogens with two attached hydrogens (primary N) is 1. The summed E-state index contributed by atoms with van der Waals surface area (Å²) in [5, 5.41) is 4.09. The Balaban J connectivity index is 1.25. The Labute approximate surface area is 215 Å². The van der Waals surface area contributed by atoms with Crippen LogP contribution in [0.1, 0.15) is 32.9 Å². The molecule has 3 amide bonds. The minimum absolute atomic E-state index is 0.152. The van der Waals surface area contributed by atoms with E-state index < -0.39 is 12.4 Å². The van der Waals surface area contributed by atoms with E-state index in [2.05, 4.69) is 19.8 Å². The van der Waals surface area contributed by atoms with Crippen LogP contribution in [0.15, 0.2) is 40.9 Å². The fourth-order valence-electron chi connectivity index (χ4n) is 4.76. The lowest BCUT2D eigenvalue weighted by Crippen LogP contribution is -2.50. The molecule has 2 aromatic carbocycles. The molecule has 3 aromatic rings. The smallest absolute Gasteiger partial charge is 0.406 e. The maximum absolute atomic E-state index is 13.1. The van der Waals surface area contributed by atoms with E-state index in [4.69, 9.17) is 10.3 Å². The average Bonchev–Trinajstić information content (AvgIpc) is 3.44. The van der Waals surface area contributed by atoms with Crippen LogP contribution in [0, 0.1) is 6.92 Å². The molecule has 1 fully saturated rings. The molecule has 0 saturated carbocycles. The van der Waals surface area contributed by atoms with Crippen molar-refractivity contribution in [3.8, 4) is 17.2 Å². The molecule has 13 heteroatoms. The van der Waals surface area contributed by atoms with E-state index in [-0.39, 0.29) is 18.2 Å². The van der Waals surface area contributed by atoms with Gasteiger partial charge in [0.05, 0.1) is 6.54 Å². The third kappa shape index (κ3) is 5.57. The van der Waals surface area contributed by atoms with Gasteiger partial charge in [-0.2, -0.15) is 4.98 Å². The fourth-order valence-corrected chi connectivity index (χ4v) is 4.76. The molecule has 3 heterocycles. The molecule has 200 valence electrons. The number of halogens is 3. The number of primary amides is 1. The van der Waals surface area contributed by atoms with Crippen LogP contribution in [0.4, 0.5) is 18.0 Å². The minimum Gasteiger partial charge on any atom is -0.406 e. The Morgan fingerprint density at radius 2 is 1.82 bits per heavy atom. The third-order valence-electron chi connectivity index (χ3n) is 6.57. The van der Waals surface area contributed by atoms with Gasteiger partial charge in [-0.05, 0) is 47.9 Å². The summed E-state index contributed by atoms with van der Waals surface area (Å²) in [5.41, 5.74) is 8.87. The number of piperazine rings is 1. The number of hydrogen-bond acceptors (Lipinski definition) is 7. The van der Waals surface area contributed by atoms with Gasteiger partial charge in [0.1, 0.15) is 5.75 Å². The molecule has 2 aliphatic heterocycles. The summed E-state index contributed by atoms with van der Waals surface area (Å²) in [6.07, 6.45) is -4.76. The number of carbonyl (C=O) groups excluding carboxylic acids is 2. The Hall–Kier alpha value is -4.13. The molecule has 0 aliphatic carbocycles. The number of aryl methyl sites for hydroxylation is 1. The molecule has 0 bridgehead atoms.